The lowest BCUT2D eigenvalue weighted by molar-refractivity contribution is -0.116. The quantitative estimate of drug-likeness (QED) is 0.637. The molecule has 0 unspecified atom stereocenters. The van der Waals surface area contributed by atoms with Crippen molar-refractivity contribution in [3.63, 3.8) is 0 Å². The first-order chi connectivity index (χ1) is 12.2. The lowest BCUT2D eigenvalue weighted by Gasteiger charge is -2.28. The second-order valence-corrected chi connectivity index (χ2v) is 7.09. The Hall–Kier alpha value is -2.33. The second kappa shape index (κ2) is 6.52. The summed E-state index contributed by atoms with van der Waals surface area (Å²) in [7, 11) is 0. The molecule has 0 bridgehead atoms. The van der Waals surface area contributed by atoms with E-state index in [0.717, 1.165) is 37.8 Å². The van der Waals surface area contributed by atoms with Crippen LogP contribution < -0.4 is 10.1 Å². The van der Waals surface area contributed by atoms with Crippen LogP contribution in [0, 0.1) is 0 Å². The molecular formula is C21H18BrNO2. The molecule has 1 aliphatic rings. The monoisotopic (exact) mass is 395 g/mol. The third-order valence-electron chi connectivity index (χ3n) is 4.64. The Morgan fingerprint density at radius 3 is 2.80 bits per heavy atom. The lowest BCUT2D eigenvalue weighted by atomic mass is 9.83. The second-order valence-electron chi connectivity index (χ2n) is 6.17. The van der Waals surface area contributed by atoms with Crippen molar-refractivity contribution in [1.29, 1.82) is 0 Å². The fourth-order valence-corrected chi connectivity index (χ4v) is 3.94. The molecule has 4 heteroatoms. The summed E-state index contributed by atoms with van der Waals surface area (Å²) in [4.78, 5) is 12.4. The summed E-state index contributed by atoms with van der Waals surface area (Å²) < 4.78 is 6.82. The highest BCUT2D eigenvalue weighted by atomic mass is 79.9. The van der Waals surface area contributed by atoms with Gasteiger partial charge in [0.05, 0.1) is 12.3 Å². The third kappa shape index (κ3) is 2.91. The van der Waals surface area contributed by atoms with E-state index in [9.17, 15) is 4.79 Å². The Kier molecular flexibility index (Phi) is 4.22. The number of ether oxygens (including phenoxy) is 1. The van der Waals surface area contributed by atoms with Gasteiger partial charge in [-0.15, -0.1) is 0 Å². The summed E-state index contributed by atoms with van der Waals surface area (Å²) in [6.45, 7) is 2.57. The zero-order chi connectivity index (χ0) is 17.4. The number of rotatable bonds is 3. The van der Waals surface area contributed by atoms with Crippen LogP contribution in [0.3, 0.4) is 0 Å². The molecule has 3 aromatic rings. The van der Waals surface area contributed by atoms with Crippen LogP contribution in [0.25, 0.3) is 10.8 Å². The number of anilines is 1. The van der Waals surface area contributed by atoms with Crippen molar-refractivity contribution in [2.45, 2.75) is 19.3 Å². The Labute approximate surface area is 155 Å². The van der Waals surface area contributed by atoms with Crippen LogP contribution in [0.1, 0.15) is 30.4 Å². The molecule has 1 N–H and O–H groups in total. The standard InChI is InChI=1S/C21H18BrNO2/c1-2-25-19-10-8-14(22)11-18(19)17-12-20(24)23-21-15-6-4-3-5-13(15)7-9-16(17)21/h3-11,17H,2,12H2,1H3,(H,23,24)/t17-/m1/s1. The van der Waals surface area contributed by atoms with Crippen molar-refractivity contribution in [3.8, 4) is 5.75 Å². The van der Waals surface area contributed by atoms with Gasteiger partial charge in [0, 0.05) is 27.8 Å². The van der Waals surface area contributed by atoms with Gasteiger partial charge in [0.2, 0.25) is 5.91 Å². The van der Waals surface area contributed by atoms with Crippen molar-refractivity contribution in [2.24, 2.45) is 0 Å². The smallest absolute Gasteiger partial charge is 0.225 e. The molecule has 4 rings (SSSR count). The van der Waals surface area contributed by atoms with E-state index in [2.05, 4.69) is 51.6 Å². The molecule has 3 aromatic carbocycles. The first-order valence-corrected chi connectivity index (χ1v) is 9.20. The molecule has 0 saturated carbocycles. The molecule has 0 aromatic heterocycles. The molecule has 126 valence electrons. The highest BCUT2D eigenvalue weighted by molar-refractivity contribution is 9.10. The molecule has 3 nitrogen and oxygen atoms in total. The summed E-state index contributed by atoms with van der Waals surface area (Å²) in [5.41, 5.74) is 3.10. The van der Waals surface area contributed by atoms with Gasteiger partial charge in [0.1, 0.15) is 5.75 Å². The highest BCUT2D eigenvalue weighted by Crippen LogP contribution is 2.44. The number of amides is 1. The molecule has 1 amide bonds. The third-order valence-corrected chi connectivity index (χ3v) is 5.13. The van der Waals surface area contributed by atoms with Gasteiger partial charge in [-0.1, -0.05) is 52.3 Å². The predicted octanol–water partition coefficient (Wildman–Crippen LogP) is 5.48. The number of fused-ring (bicyclic) bond motifs is 3. The minimum absolute atomic E-state index is 0.0209. The van der Waals surface area contributed by atoms with Crippen molar-refractivity contribution in [2.75, 3.05) is 11.9 Å². The maximum absolute atomic E-state index is 12.4. The van der Waals surface area contributed by atoms with Crippen molar-refractivity contribution < 1.29 is 9.53 Å². The Morgan fingerprint density at radius 1 is 1.12 bits per heavy atom. The fraction of sp³-hybridized carbons (Fsp3) is 0.190. The number of halogens is 1. The number of hydrogen-bond acceptors (Lipinski definition) is 2. The van der Waals surface area contributed by atoms with E-state index in [-0.39, 0.29) is 11.8 Å². The Balaban J connectivity index is 1.93. The average Bonchev–Trinajstić information content (AvgIpc) is 2.62. The number of hydrogen-bond donors (Lipinski definition) is 1. The number of carbonyl (C=O) groups is 1. The molecule has 25 heavy (non-hydrogen) atoms. The van der Waals surface area contributed by atoms with Gasteiger partial charge in [0.15, 0.2) is 0 Å². The normalized spacial score (nSPS) is 16.4. The van der Waals surface area contributed by atoms with Crippen molar-refractivity contribution >= 4 is 38.3 Å². The van der Waals surface area contributed by atoms with E-state index < -0.39 is 0 Å². The van der Waals surface area contributed by atoms with Gasteiger partial charge in [-0.2, -0.15) is 0 Å². The van der Waals surface area contributed by atoms with E-state index in [0.29, 0.717) is 13.0 Å². The van der Waals surface area contributed by atoms with Gasteiger partial charge in [-0.25, -0.2) is 0 Å². The van der Waals surface area contributed by atoms with Crippen LogP contribution in [-0.4, -0.2) is 12.5 Å². The molecule has 0 spiro atoms. The Morgan fingerprint density at radius 2 is 1.96 bits per heavy atom. The maximum Gasteiger partial charge on any atom is 0.225 e. The zero-order valence-corrected chi connectivity index (χ0v) is 15.5. The Bertz CT molecular complexity index is 967. The number of carbonyl (C=O) groups excluding carboxylic acids is 1. The van der Waals surface area contributed by atoms with Gasteiger partial charge in [0.25, 0.3) is 0 Å². The molecule has 1 atom stereocenters. The summed E-state index contributed by atoms with van der Waals surface area (Å²) in [6, 6.07) is 18.4. The molecular weight excluding hydrogens is 378 g/mol. The van der Waals surface area contributed by atoms with Crippen LogP contribution in [-0.2, 0) is 4.79 Å². The predicted molar refractivity (Wildman–Crippen MR) is 104 cm³/mol. The topological polar surface area (TPSA) is 38.3 Å². The zero-order valence-electron chi connectivity index (χ0n) is 13.9. The van der Waals surface area contributed by atoms with E-state index in [1.165, 1.54) is 0 Å². The van der Waals surface area contributed by atoms with E-state index in [1.54, 1.807) is 0 Å². The van der Waals surface area contributed by atoms with E-state index in [1.807, 2.05) is 31.2 Å². The summed E-state index contributed by atoms with van der Waals surface area (Å²) in [5.74, 6) is 0.855. The SMILES string of the molecule is CCOc1ccc(Br)cc1[C@@H]1CC(=O)Nc2c1ccc1ccccc21. The minimum atomic E-state index is -0.0209. The molecule has 0 radical (unpaired) electrons. The first-order valence-electron chi connectivity index (χ1n) is 8.41. The summed E-state index contributed by atoms with van der Waals surface area (Å²) in [5, 5.41) is 5.28. The fourth-order valence-electron chi connectivity index (χ4n) is 3.56. The van der Waals surface area contributed by atoms with Crippen LogP contribution in [0.15, 0.2) is 59.1 Å². The maximum atomic E-state index is 12.4. The summed E-state index contributed by atoms with van der Waals surface area (Å²) in [6.07, 6.45) is 0.419. The van der Waals surface area contributed by atoms with Crippen LogP contribution in [0.5, 0.6) is 5.75 Å². The molecule has 1 aliphatic heterocycles. The lowest BCUT2D eigenvalue weighted by Crippen LogP contribution is -2.24. The van der Waals surface area contributed by atoms with Crippen LogP contribution >= 0.6 is 15.9 Å². The van der Waals surface area contributed by atoms with Crippen LogP contribution in [0.4, 0.5) is 5.69 Å². The van der Waals surface area contributed by atoms with Crippen LogP contribution in [0.2, 0.25) is 0 Å². The average molecular weight is 396 g/mol. The number of nitrogens with one attached hydrogen (secondary N) is 1. The van der Waals surface area contributed by atoms with E-state index >= 15 is 0 Å². The first kappa shape index (κ1) is 16.2. The summed E-state index contributed by atoms with van der Waals surface area (Å²) >= 11 is 3.55. The minimum Gasteiger partial charge on any atom is -0.494 e. The number of benzene rings is 3. The van der Waals surface area contributed by atoms with Gasteiger partial charge in [-0.05, 0) is 36.1 Å². The van der Waals surface area contributed by atoms with Crippen molar-refractivity contribution in [3.05, 3.63) is 70.2 Å². The van der Waals surface area contributed by atoms with Gasteiger partial charge >= 0.3 is 0 Å². The highest BCUT2D eigenvalue weighted by Gasteiger charge is 2.29. The molecule has 0 saturated heterocycles. The van der Waals surface area contributed by atoms with E-state index in [4.69, 9.17) is 4.74 Å². The van der Waals surface area contributed by atoms with Gasteiger partial charge in [-0.3, -0.25) is 4.79 Å². The van der Waals surface area contributed by atoms with Gasteiger partial charge < -0.3 is 10.1 Å². The molecule has 0 aliphatic carbocycles. The molecule has 0 fully saturated rings. The largest absolute Gasteiger partial charge is 0.494 e. The van der Waals surface area contributed by atoms with Crippen molar-refractivity contribution in [1.82, 2.24) is 0 Å². The molecule has 1 heterocycles.